The molecular formula is C13H21ClN2O. The Hall–Kier alpha value is -0.770. The monoisotopic (exact) mass is 256 g/mol. The van der Waals surface area contributed by atoms with Gasteiger partial charge in [0.05, 0.1) is 0 Å². The van der Waals surface area contributed by atoms with Crippen LogP contribution in [0.2, 0.25) is 5.02 Å². The van der Waals surface area contributed by atoms with Crippen LogP contribution < -0.4 is 15.8 Å². The van der Waals surface area contributed by atoms with E-state index in [4.69, 9.17) is 22.1 Å². The maximum Gasteiger partial charge on any atom is 0.121 e. The second-order valence-corrected chi connectivity index (χ2v) is 4.71. The van der Waals surface area contributed by atoms with Gasteiger partial charge in [0, 0.05) is 17.6 Å². The van der Waals surface area contributed by atoms with Gasteiger partial charge in [-0.3, -0.25) is 0 Å². The van der Waals surface area contributed by atoms with Crippen molar-refractivity contribution >= 4 is 11.6 Å². The Bertz CT molecular complexity index is 333. The van der Waals surface area contributed by atoms with Crippen LogP contribution in [0.25, 0.3) is 0 Å². The highest BCUT2D eigenvalue weighted by molar-refractivity contribution is 6.30. The molecule has 3 nitrogen and oxygen atoms in total. The fourth-order valence-electron chi connectivity index (χ4n) is 1.53. The molecule has 0 spiro atoms. The van der Waals surface area contributed by atoms with E-state index in [1.165, 1.54) is 0 Å². The molecule has 3 N–H and O–H groups in total. The molecule has 0 heterocycles. The molecule has 96 valence electrons. The van der Waals surface area contributed by atoms with Gasteiger partial charge in [0.2, 0.25) is 0 Å². The minimum atomic E-state index is 0.105. The van der Waals surface area contributed by atoms with Crippen LogP contribution in [0.1, 0.15) is 20.3 Å². The lowest BCUT2D eigenvalue weighted by atomic mass is 10.2. The van der Waals surface area contributed by atoms with Gasteiger partial charge in [0.1, 0.15) is 11.9 Å². The number of nitrogens with two attached hydrogens (primary N) is 1. The first kappa shape index (κ1) is 14.3. The largest absolute Gasteiger partial charge is 0.489 e. The van der Waals surface area contributed by atoms with Crippen molar-refractivity contribution in [1.82, 2.24) is 5.32 Å². The Balaban J connectivity index is 2.32. The second-order valence-electron chi connectivity index (χ2n) is 4.27. The van der Waals surface area contributed by atoms with Crippen molar-refractivity contribution in [3.8, 4) is 5.75 Å². The summed E-state index contributed by atoms with van der Waals surface area (Å²) >= 11 is 5.89. The van der Waals surface area contributed by atoms with Crippen LogP contribution >= 0.6 is 11.6 Å². The Labute approximate surface area is 108 Å². The number of rotatable bonds is 7. The molecule has 0 aliphatic carbocycles. The molecule has 1 rings (SSSR count). The number of hydrogen-bond donors (Lipinski definition) is 2. The first-order valence-electron chi connectivity index (χ1n) is 5.97. The zero-order valence-electron chi connectivity index (χ0n) is 10.4. The highest BCUT2D eigenvalue weighted by Crippen LogP contribution is 2.18. The highest BCUT2D eigenvalue weighted by Gasteiger charge is 2.06. The summed E-state index contributed by atoms with van der Waals surface area (Å²) in [6, 6.07) is 7.87. The minimum absolute atomic E-state index is 0.105. The van der Waals surface area contributed by atoms with Crippen LogP contribution in [0.15, 0.2) is 24.3 Å². The summed E-state index contributed by atoms with van der Waals surface area (Å²) in [5, 5.41) is 4.07. The zero-order chi connectivity index (χ0) is 12.7. The molecule has 4 heteroatoms. The summed E-state index contributed by atoms with van der Waals surface area (Å²) in [7, 11) is 0. The lowest BCUT2D eigenvalue weighted by Crippen LogP contribution is -2.36. The van der Waals surface area contributed by atoms with Crippen molar-refractivity contribution in [3.05, 3.63) is 29.3 Å². The SMILES string of the molecule is CC(CCN)NCC(C)Oc1cccc(Cl)c1. The molecular weight excluding hydrogens is 236 g/mol. The van der Waals surface area contributed by atoms with Gasteiger partial charge < -0.3 is 15.8 Å². The van der Waals surface area contributed by atoms with Gasteiger partial charge in [-0.25, -0.2) is 0 Å². The first-order valence-corrected chi connectivity index (χ1v) is 6.35. The number of halogens is 1. The van der Waals surface area contributed by atoms with Crippen LogP contribution in [0, 0.1) is 0 Å². The van der Waals surface area contributed by atoms with Gasteiger partial charge >= 0.3 is 0 Å². The summed E-state index contributed by atoms with van der Waals surface area (Å²) in [5.74, 6) is 0.804. The van der Waals surface area contributed by atoms with E-state index in [0.29, 0.717) is 17.6 Å². The van der Waals surface area contributed by atoms with Crippen LogP contribution in [0.4, 0.5) is 0 Å². The molecule has 2 atom stereocenters. The molecule has 0 aliphatic rings. The van der Waals surface area contributed by atoms with Crippen LogP contribution in [0.3, 0.4) is 0 Å². The van der Waals surface area contributed by atoms with Crippen LogP contribution in [-0.4, -0.2) is 25.2 Å². The van der Waals surface area contributed by atoms with Crippen molar-refractivity contribution < 1.29 is 4.74 Å². The van der Waals surface area contributed by atoms with Gasteiger partial charge in [-0.2, -0.15) is 0 Å². The topological polar surface area (TPSA) is 47.3 Å². The van der Waals surface area contributed by atoms with E-state index < -0.39 is 0 Å². The fourth-order valence-corrected chi connectivity index (χ4v) is 1.71. The van der Waals surface area contributed by atoms with E-state index in [2.05, 4.69) is 12.2 Å². The fraction of sp³-hybridized carbons (Fsp3) is 0.538. The Morgan fingerprint density at radius 2 is 2.18 bits per heavy atom. The lowest BCUT2D eigenvalue weighted by molar-refractivity contribution is 0.212. The summed E-state index contributed by atoms with van der Waals surface area (Å²) in [4.78, 5) is 0. The van der Waals surface area contributed by atoms with Crippen molar-refractivity contribution in [2.24, 2.45) is 5.73 Å². The predicted octanol–water partition coefficient (Wildman–Crippen LogP) is 2.43. The standard InChI is InChI=1S/C13H21ClN2O/c1-10(6-7-15)16-9-11(2)17-13-5-3-4-12(14)8-13/h3-5,8,10-11,16H,6-7,9,15H2,1-2H3. The third kappa shape index (κ3) is 5.91. The van der Waals surface area contributed by atoms with Crippen molar-refractivity contribution in [1.29, 1.82) is 0 Å². The van der Waals surface area contributed by atoms with Gasteiger partial charge in [-0.1, -0.05) is 17.7 Å². The smallest absolute Gasteiger partial charge is 0.121 e. The quantitative estimate of drug-likeness (QED) is 0.788. The van der Waals surface area contributed by atoms with Gasteiger partial charge in [0.15, 0.2) is 0 Å². The Morgan fingerprint density at radius 1 is 1.41 bits per heavy atom. The third-order valence-electron chi connectivity index (χ3n) is 2.49. The summed E-state index contributed by atoms with van der Waals surface area (Å²) in [6.45, 7) is 5.66. The number of ether oxygens (including phenoxy) is 1. The molecule has 0 radical (unpaired) electrons. The molecule has 0 amide bonds. The molecule has 0 aromatic heterocycles. The molecule has 0 fully saturated rings. The maximum absolute atomic E-state index is 5.89. The summed E-state index contributed by atoms with van der Waals surface area (Å²) in [5.41, 5.74) is 5.49. The number of hydrogen-bond acceptors (Lipinski definition) is 3. The van der Waals surface area contributed by atoms with Crippen LogP contribution in [0.5, 0.6) is 5.75 Å². The predicted molar refractivity (Wildman–Crippen MR) is 72.7 cm³/mol. The van der Waals surface area contributed by atoms with Gasteiger partial charge in [-0.05, 0) is 45.0 Å². The summed E-state index contributed by atoms with van der Waals surface area (Å²) < 4.78 is 5.75. The molecule has 0 saturated heterocycles. The van der Waals surface area contributed by atoms with E-state index in [-0.39, 0.29) is 6.10 Å². The van der Waals surface area contributed by atoms with Gasteiger partial charge in [-0.15, -0.1) is 0 Å². The third-order valence-corrected chi connectivity index (χ3v) is 2.72. The first-order chi connectivity index (χ1) is 8.11. The average molecular weight is 257 g/mol. The van der Waals surface area contributed by atoms with Crippen molar-refractivity contribution in [3.63, 3.8) is 0 Å². The van der Waals surface area contributed by atoms with E-state index in [0.717, 1.165) is 18.7 Å². The average Bonchev–Trinajstić information content (AvgIpc) is 2.27. The molecule has 1 aromatic rings. The van der Waals surface area contributed by atoms with Crippen molar-refractivity contribution in [2.45, 2.75) is 32.4 Å². The number of nitrogens with one attached hydrogen (secondary N) is 1. The van der Waals surface area contributed by atoms with E-state index in [1.54, 1.807) is 0 Å². The maximum atomic E-state index is 5.89. The zero-order valence-corrected chi connectivity index (χ0v) is 11.2. The normalized spacial score (nSPS) is 14.4. The molecule has 0 bridgehead atoms. The minimum Gasteiger partial charge on any atom is -0.489 e. The highest BCUT2D eigenvalue weighted by atomic mass is 35.5. The van der Waals surface area contributed by atoms with E-state index in [1.807, 2.05) is 31.2 Å². The van der Waals surface area contributed by atoms with Gasteiger partial charge in [0.25, 0.3) is 0 Å². The lowest BCUT2D eigenvalue weighted by Gasteiger charge is -2.18. The second kappa shape index (κ2) is 7.54. The Morgan fingerprint density at radius 3 is 2.82 bits per heavy atom. The number of benzene rings is 1. The van der Waals surface area contributed by atoms with E-state index in [9.17, 15) is 0 Å². The molecule has 17 heavy (non-hydrogen) atoms. The summed E-state index contributed by atoms with van der Waals surface area (Å²) in [6.07, 6.45) is 1.08. The van der Waals surface area contributed by atoms with E-state index >= 15 is 0 Å². The molecule has 2 unspecified atom stereocenters. The van der Waals surface area contributed by atoms with Crippen LogP contribution in [-0.2, 0) is 0 Å². The Kier molecular flexibility index (Phi) is 6.34. The molecule has 0 saturated carbocycles. The molecule has 1 aromatic carbocycles. The molecule has 0 aliphatic heterocycles. The van der Waals surface area contributed by atoms with Crippen molar-refractivity contribution in [2.75, 3.05) is 13.1 Å².